The van der Waals surface area contributed by atoms with Crippen molar-refractivity contribution in [3.63, 3.8) is 0 Å². The van der Waals surface area contributed by atoms with Crippen molar-refractivity contribution in [2.24, 2.45) is 5.92 Å². The van der Waals surface area contributed by atoms with Crippen molar-refractivity contribution in [1.29, 1.82) is 0 Å². The van der Waals surface area contributed by atoms with Crippen LogP contribution in [-0.4, -0.2) is 42.8 Å². The van der Waals surface area contributed by atoms with E-state index in [2.05, 4.69) is 51.6 Å². The molecule has 5 nitrogen and oxygen atoms in total. The van der Waals surface area contributed by atoms with Crippen LogP contribution in [-0.2, 0) is 0 Å². The highest BCUT2D eigenvalue weighted by molar-refractivity contribution is 5.81. The molecule has 2 aliphatic heterocycles. The molecule has 29 heavy (non-hydrogen) atoms. The van der Waals surface area contributed by atoms with E-state index in [0.717, 1.165) is 36.3 Å². The minimum atomic E-state index is 0.606. The molecule has 150 valence electrons. The van der Waals surface area contributed by atoms with Crippen LogP contribution < -0.4 is 15.0 Å². The van der Waals surface area contributed by atoms with Crippen LogP contribution in [0.15, 0.2) is 48.7 Å². The molecule has 5 heteroatoms. The third kappa shape index (κ3) is 4.20. The number of fused-ring (bicyclic) bond motifs is 1. The highest BCUT2D eigenvalue weighted by atomic mass is 16.5. The van der Waals surface area contributed by atoms with Gasteiger partial charge < -0.3 is 15.0 Å². The van der Waals surface area contributed by atoms with E-state index in [-0.39, 0.29) is 0 Å². The van der Waals surface area contributed by atoms with Gasteiger partial charge in [-0.3, -0.25) is 0 Å². The molecule has 3 heterocycles. The first-order valence-electron chi connectivity index (χ1n) is 10.8. The van der Waals surface area contributed by atoms with Gasteiger partial charge in [0.1, 0.15) is 0 Å². The van der Waals surface area contributed by atoms with E-state index in [0.29, 0.717) is 11.8 Å². The van der Waals surface area contributed by atoms with Crippen molar-refractivity contribution >= 4 is 16.7 Å². The molecule has 5 rings (SSSR count). The number of hydrogen-bond acceptors (Lipinski definition) is 5. The zero-order chi connectivity index (χ0) is 19.5. The Kier molecular flexibility index (Phi) is 5.31. The second-order valence-corrected chi connectivity index (χ2v) is 8.16. The largest absolute Gasteiger partial charge is 0.476 e. The predicted octanol–water partition coefficient (Wildman–Crippen LogP) is 4.28. The molecule has 0 aliphatic carbocycles. The van der Waals surface area contributed by atoms with Gasteiger partial charge in [0, 0.05) is 18.8 Å². The lowest BCUT2D eigenvalue weighted by atomic mass is 9.99. The molecule has 2 aromatic carbocycles. The van der Waals surface area contributed by atoms with Gasteiger partial charge in [0.05, 0.1) is 23.8 Å². The van der Waals surface area contributed by atoms with Crippen molar-refractivity contribution < 1.29 is 4.74 Å². The summed E-state index contributed by atoms with van der Waals surface area (Å²) in [6.07, 6.45) is 6.67. The molecule has 0 radical (unpaired) electrons. The van der Waals surface area contributed by atoms with Crippen molar-refractivity contribution in [2.45, 2.75) is 25.7 Å². The fourth-order valence-electron chi connectivity index (χ4n) is 4.34. The summed E-state index contributed by atoms with van der Waals surface area (Å²) >= 11 is 0. The Morgan fingerprint density at radius 2 is 1.69 bits per heavy atom. The Labute approximate surface area is 172 Å². The highest BCUT2D eigenvalue weighted by Crippen LogP contribution is 2.27. The number of nitrogens with zero attached hydrogens (tertiary/aromatic N) is 3. The quantitative estimate of drug-likeness (QED) is 0.707. The van der Waals surface area contributed by atoms with E-state index < -0.39 is 0 Å². The standard InChI is InChI=1S/C24H28N4O/c1-2-14-28(13-1)21-6-3-19(4-7-21)20-5-8-22-23(15-20)27-24(16-26-22)29-17-18-9-11-25-12-10-18/h3-8,15-16,18,25H,1-2,9-14,17H2. The van der Waals surface area contributed by atoms with E-state index in [9.17, 15) is 0 Å². The van der Waals surface area contributed by atoms with Gasteiger partial charge in [-0.2, -0.15) is 0 Å². The molecule has 0 saturated carbocycles. The molecule has 0 amide bonds. The van der Waals surface area contributed by atoms with Gasteiger partial charge in [0.15, 0.2) is 0 Å². The Morgan fingerprint density at radius 1 is 0.931 bits per heavy atom. The zero-order valence-electron chi connectivity index (χ0n) is 16.8. The third-order valence-corrected chi connectivity index (χ3v) is 6.12. The minimum Gasteiger partial charge on any atom is -0.476 e. The summed E-state index contributed by atoms with van der Waals surface area (Å²) in [5.74, 6) is 1.23. The summed E-state index contributed by atoms with van der Waals surface area (Å²) < 4.78 is 5.96. The number of rotatable bonds is 5. The normalized spacial score (nSPS) is 17.7. The molecule has 3 aromatic rings. The molecule has 0 spiro atoms. The van der Waals surface area contributed by atoms with E-state index in [1.165, 1.54) is 50.0 Å². The summed E-state index contributed by atoms with van der Waals surface area (Å²) in [6, 6.07) is 15.2. The first-order chi connectivity index (χ1) is 14.3. The maximum absolute atomic E-state index is 5.96. The predicted molar refractivity (Wildman–Crippen MR) is 118 cm³/mol. The maximum Gasteiger partial charge on any atom is 0.232 e. The van der Waals surface area contributed by atoms with Crippen molar-refractivity contribution in [3.8, 4) is 17.0 Å². The van der Waals surface area contributed by atoms with Crippen LogP contribution in [0.4, 0.5) is 5.69 Å². The van der Waals surface area contributed by atoms with Crippen LogP contribution in [0, 0.1) is 5.92 Å². The SMILES string of the molecule is c1cc(N2CCCC2)ccc1-c1ccc2ncc(OCC3CCNCC3)nc2c1. The number of anilines is 1. The Bertz CT molecular complexity index is 960. The Balaban J connectivity index is 1.33. The molecule has 2 fully saturated rings. The lowest BCUT2D eigenvalue weighted by molar-refractivity contribution is 0.209. The van der Waals surface area contributed by atoms with Gasteiger partial charge >= 0.3 is 0 Å². The summed E-state index contributed by atoms with van der Waals surface area (Å²) in [7, 11) is 0. The van der Waals surface area contributed by atoms with Gasteiger partial charge in [0.25, 0.3) is 0 Å². The second kappa shape index (κ2) is 8.37. The topological polar surface area (TPSA) is 50.3 Å². The fourth-order valence-corrected chi connectivity index (χ4v) is 4.34. The van der Waals surface area contributed by atoms with Crippen LogP contribution in [0.3, 0.4) is 0 Å². The van der Waals surface area contributed by atoms with Crippen LogP contribution in [0.5, 0.6) is 5.88 Å². The summed E-state index contributed by atoms with van der Waals surface area (Å²) in [5, 5.41) is 3.39. The summed E-state index contributed by atoms with van der Waals surface area (Å²) in [6.45, 7) is 5.23. The van der Waals surface area contributed by atoms with Crippen molar-refractivity contribution in [2.75, 3.05) is 37.7 Å². The minimum absolute atomic E-state index is 0.606. The van der Waals surface area contributed by atoms with E-state index in [1.54, 1.807) is 6.20 Å². The smallest absolute Gasteiger partial charge is 0.232 e. The van der Waals surface area contributed by atoms with Gasteiger partial charge in [-0.1, -0.05) is 18.2 Å². The lowest BCUT2D eigenvalue weighted by Crippen LogP contribution is -2.30. The maximum atomic E-state index is 5.96. The molecule has 2 saturated heterocycles. The molecule has 1 N–H and O–H groups in total. The molecule has 1 aromatic heterocycles. The number of nitrogens with one attached hydrogen (secondary N) is 1. The fraction of sp³-hybridized carbons (Fsp3) is 0.417. The first-order valence-corrected chi connectivity index (χ1v) is 10.8. The highest BCUT2D eigenvalue weighted by Gasteiger charge is 2.15. The van der Waals surface area contributed by atoms with Crippen LogP contribution in [0.2, 0.25) is 0 Å². The molecule has 0 unspecified atom stereocenters. The number of hydrogen-bond donors (Lipinski definition) is 1. The number of benzene rings is 2. The molecule has 0 bridgehead atoms. The van der Waals surface area contributed by atoms with Crippen molar-refractivity contribution in [1.82, 2.24) is 15.3 Å². The van der Waals surface area contributed by atoms with Crippen LogP contribution in [0.25, 0.3) is 22.2 Å². The van der Waals surface area contributed by atoms with Crippen LogP contribution in [0.1, 0.15) is 25.7 Å². The number of aromatic nitrogens is 2. The Morgan fingerprint density at radius 3 is 2.48 bits per heavy atom. The number of piperidine rings is 1. The van der Waals surface area contributed by atoms with Crippen molar-refractivity contribution in [3.05, 3.63) is 48.7 Å². The number of ether oxygens (including phenoxy) is 1. The first kappa shape index (κ1) is 18.4. The molecular weight excluding hydrogens is 360 g/mol. The molecular formula is C24H28N4O. The monoisotopic (exact) mass is 388 g/mol. The van der Waals surface area contributed by atoms with Gasteiger partial charge in [-0.25, -0.2) is 9.97 Å². The van der Waals surface area contributed by atoms with E-state index >= 15 is 0 Å². The second-order valence-electron chi connectivity index (χ2n) is 8.16. The van der Waals surface area contributed by atoms with Gasteiger partial charge in [-0.15, -0.1) is 0 Å². The zero-order valence-corrected chi connectivity index (χ0v) is 16.8. The van der Waals surface area contributed by atoms with Crippen LogP contribution >= 0.6 is 0 Å². The molecule has 0 atom stereocenters. The molecule has 2 aliphatic rings. The Hall–Kier alpha value is -2.66. The summed E-state index contributed by atoms with van der Waals surface area (Å²) in [4.78, 5) is 11.7. The third-order valence-electron chi connectivity index (χ3n) is 6.12. The van der Waals surface area contributed by atoms with E-state index in [1.807, 2.05) is 6.07 Å². The lowest BCUT2D eigenvalue weighted by Gasteiger charge is -2.22. The average molecular weight is 389 g/mol. The van der Waals surface area contributed by atoms with Gasteiger partial charge in [0.2, 0.25) is 5.88 Å². The average Bonchev–Trinajstić information content (AvgIpc) is 3.33. The van der Waals surface area contributed by atoms with Gasteiger partial charge in [-0.05, 0) is 80.1 Å². The summed E-state index contributed by atoms with van der Waals surface area (Å²) in [5.41, 5.74) is 5.47. The van der Waals surface area contributed by atoms with E-state index in [4.69, 9.17) is 9.72 Å².